The molecule has 0 radical (unpaired) electrons. The summed E-state index contributed by atoms with van der Waals surface area (Å²) in [6, 6.07) is 15.9. The molecular weight excluding hydrogens is 334 g/mol. The maximum atomic E-state index is 12.3. The van der Waals surface area contributed by atoms with E-state index in [1.54, 1.807) is 6.07 Å². The van der Waals surface area contributed by atoms with Crippen LogP contribution in [0.1, 0.15) is 25.5 Å². The maximum absolute atomic E-state index is 12.3. The van der Waals surface area contributed by atoms with Crippen LogP contribution >= 0.6 is 11.6 Å². The third kappa shape index (κ3) is 4.33. The maximum Gasteiger partial charge on any atom is 0.227 e. The fourth-order valence-electron chi connectivity index (χ4n) is 2.90. The second-order valence-electron chi connectivity index (χ2n) is 6.67. The van der Waals surface area contributed by atoms with Gasteiger partial charge in [0.15, 0.2) is 0 Å². The first-order chi connectivity index (χ1) is 12.0. The Labute approximate surface area is 154 Å². The predicted octanol–water partition coefficient (Wildman–Crippen LogP) is 4.31. The van der Waals surface area contributed by atoms with Gasteiger partial charge in [-0.05, 0) is 49.7 Å². The quantitative estimate of drug-likeness (QED) is 0.722. The molecule has 3 N–H and O–H groups in total. The van der Waals surface area contributed by atoms with Gasteiger partial charge >= 0.3 is 0 Å². The van der Waals surface area contributed by atoms with Crippen molar-refractivity contribution in [2.24, 2.45) is 11.8 Å². The molecule has 2 unspecified atom stereocenters. The van der Waals surface area contributed by atoms with Crippen LogP contribution in [0.25, 0.3) is 0 Å². The molecule has 0 bridgehead atoms. The van der Waals surface area contributed by atoms with Crippen molar-refractivity contribution in [3.05, 3.63) is 59.1 Å². The fourth-order valence-corrected chi connectivity index (χ4v) is 3.14. The number of carbonyl (C=O) groups excluding carboxylic acids is 1. The van der Waals surface area contributed by atoms with Crippen LogP contribution in [0.2, 0.25) is 5.02 Å². The van der Waals surface area contributed by atoms with Gasteiger partial charge in [-0.2, -0.15) is 0 Å². The molecule has 3 rings (SSSR count). The average Bonchev–Trinajstić information content (AvgIpc) is 2.56. The monoisotopic (exact) mass is 357 g/mol. The van der Waals surface area contributed by atoms with E-state index >= 15 is 0 Å². The number of nitrogens with one attached hydrogen (secondary N) is 3. The number of benzene rings is 2. The Morgan fingerprint density at radius 3 is 2.48 bits per heavy atom. The standard InChI is InChI=1S/C20H24ClN3O/c1-13(16-11-22-12-16)20(25)24-17-8-9-19(18(21)10-17)23-14(2)15-6-4-3-5-7-15/h3-10,13-14,16,22-23H,11-12H2,1-2H3,(H,24,25). The van der Waals surface area contributed by atoms with Gasteiger partial charge in [-0.25, -0.2) is 0 Å². The van der Waals surface area contributed by atoms with Crippen molar-refractivity contribution in [2.75, 3.05) is 23.7 Å². The van der Waals surface area contributed by atoms with Gasteiger partial charge in [-0.3, -0.25) is 4.79 Å². The fraction of sp³-hybridized carbons (Fsp3) is 0.350. The predicted molar refractivity (Wildman–Crippen MR) is 104 cm³/mol. The van der Waals surface area contributed by atoms with Crippen molar-refractivity contribution in [1.29, 1.82) is 0 Å². The third-order valence-electron chi connectivity index (χ3n) is 4.84. The van der Waals surface area contributed by atoms with Gasteiger partial charge < -0.3 is 16.0 Å². The zero-order chi connectivity index (χ0) is 17.8. The molecule has 2 atom stereocenters. The van der Waals surface area contributed by atoms with Crippen LogP contribution in [-0.2, 0) is 4.79 Å². The summed E-state index contributed by atoms with van der Waals surface area (Å²) in [7, 11) is 0. The molecule has 1 aliphatic rings. The third-order valence-corrected chi connectivity index (χ3v) is 5.15. The van der Waals surface area contributed by atoms with Crippen molar-refractivity contribution in [3.63, 3.8) is 0 Å². The summed E-state index contributed by atoms with van der Waals surface area (Å²) in [6.45, 7) is 5.89. The van der Waals surface area contributed by atoms with Gasteiger partial charge in [0.2, 0.25) is 5.91 Å². The summed E-state index contributed by atoms with van der Waals surface area (Å²) < 4.78 is 0. The van der Waals surface area contributed by atoms with Crippen molar-refractivity contribution in [1.82, 2.24) is 5.32 Å². The summed E-state index contributed by atoms with van der Waals surface area (Å²) in [5.74, 6) is 0.458. The number of rotatable bonds is 6. The van der Waals surface area contributed by atoms with Gasteiger partial charge in [0.05, 0.1) is 10.7 Å². The molecule has 1 saturated heterocycles. The molecule has 0 aromatic heterocycles. The second kappa shape index (κ2) is 7.89. The van der Waals surface area contributed by atoms with Gasteiger partial charge in [-0.1, -0.05) is 48.9 Å². The van der Waals surface area contributed by atoms with E-state index in [-0.39, 0.29) is 17.9 Å². The van der Waals surface area contributed by atoms with E-state index in [1.807, 2.05) is 37.3 Å². The lowest BCUT2D eigenvalue weighted by molar-refractivity contribution is -0.121. The first-order valence-electron chi connectivity index (χ1n) is 8.67. The van der Waals surface area contributed by atoms with Crippen molar-refractivity contribution >= 4 is 28.9 Å². The number of hydrogen-bond donors (Lipinski definition) is 3. The molecule has 1 amide bonds. The molecule has 5 heteroatoms. The Morgan fingerprint density at radius 1 is 1.16 bits per heavy atom. The van der Waals surface area contributed by atoms with Crippen LogP contribution in [0.3, 0.4) is 0 Å². The number of carbonyl (C=O) groups is 1. The number of anilines is 2. The molecule has 25 heavy (non-hydrogen) atoms. The van der Waals surface area contributed by atoms with Gasteiger partial charge in [0.1, 0.15) is 0 Å². The lowest BCUT2D eigenvalue weighted by Crippen LogP contribution is -2.48. The van der Waals surface area contributed by atoms with E-state index < -0.39 is 0 Å². The summed E-state index contributed by atoms with van der Waals surface area (Å²) in [5, 5.41) is 10.2. The molecule has 2 aromatic carbocycles. The summed E-state index contributed by atoms with van der Waals surface area (Å²) >= 11 is 6.40. The summed E-state index contributed by atoms with van der Waals surface area (Å²) in [5.41, 5.74) is 2.78. The lowest BCUT2D eigenvalue weighted by atomic mass is 9.88. The highest BCUT2D eigenvalue weighted by Crippen LogP contribution is 2.29. The summed E-state index contributed by atoms with van der Waals surface area (Å²) in [6.07, 6.45) is 0. The number of halogens is 1. The normalized spacial score (nSPS) is 16.6. The zero-order valence-corrected chi connectivity index (χ0v) is 15.3. The minimum Gasteiger partial charge on any atom is -0.377 e. The Kier molecular flexibility index (Phi) is 5.61. The van der Waals surface area contributed by atoms with E-state index in [0.717, 1.165) is 24.5 Å². The minimum atomic E-state index is -0.00377. The average molecular weight is 358 g/mol. The molecule has 2 aromatic rings. The van der Waals surface area contributed by atoms with Crippen molar-refractivity contribution < 1.29 is 4.79 Å². The summed E-state index contributed by atoms with van der Waals surface area (Å²) in [4.78, 5) is 12.3. The van der Waals surface area contributed by atoms with Crippen LogP contribution in [0, 0.1) is 11.8 Å². The molecule has 1 fully saturated rings. The molecule has 132 valence electrons. The highest BCUT2D eigenvalue weighted by molar-refractivity contribution is 6.33. The van der Waals surface area contributed by atoms with E-state index in [2.05, 4.69) is 35.0 Å². The van der Waals surface area contributed by atoms with E-state index in [9.17, 15) is 4.79 Å². The molecule has 0 aliphatic carbocycles. The van der Waals surface area contributed by atoms with Crippen LogP contribution in [0.5, 0.6) is 0 Å². The Hall–Kier alpha value is -2.04. The number of hydrogen-bond acceptors (Lipinski definition) is 3. The van der Waals surface area contributed by atoms with E-state index in [4.69, 9.17) is 11.6 Å². The number of amides is 1. The first kappa shape index (κ1) is 17.8. The topological polar surface area (TPSA) is 53.2 Å². The van der Waals surface area contributed by atoms with Gasteiger partial charge in [-0.15, -0.1) is 0 Å². The van der Waals surface area contributed by atoms with Crippen molar-refractivity contribution in [2.45, 2.75) is 19.9 Å². The highest BCUT2D eigenvalue weighted by Gasteiger charge is 2.28. The van der Waals surface area contributed by atoms with Crippen LogP contribution < -0.4 is 16.0 Å². The molecular formula is C20H24ClN3O. The zero-order valence-electron chi connectivity index (χ0n) is 14.6. The molecule has 0 saturated carbocycles. The highest BCUT2D eigenvalue weighted by atomic mass is 35.5. The molecule has 1 heterocycles. The molecule has 0 spiro atoms. The Bertz CT molecular complexity index is 731. The smallest absolute Gasteiger partial charge is 0.227 e. The SMILES string of the molecule is CC(Nc1ccc(NC(=O)C(C)C2CNC2)cc1Cl)c1ccccc1. The first-order valence-corrected chi connectivity index (χ1v) is 9.05. The van der Waals surface area contributed by atoms with E-state index in [0.29, 0.717) is 10.9 Å². The molecule has 1 aliphatic heterocycles. The molecule has 4 nitrogen and oxygen atoms in total. The lowest BCUT2D eigenvalue weighted by Gasteiger charge is -2.31. The van der Waals surface area contributed by atoms with Crippen LogP contribution in [0.4, 0.5) is 11.4 Å². The van der Waals surface area contributed by atoms with Crippen LogP contribution in [0.15, 0.2) is 48.5 Å². The minimum absolute atomic E-state index is 0.00377. The Balaban J connectivity index is 1.63. The van der Waals surface area contributed by atoms with E-state index in [1.165, 1.54) is 5.56 Å². The Morgan fingerprint density at radius 2 is 1.88 bits per heavy atom. The second-order valence-corrected chi connectivity index (χ2v) is 7.07. The van der Waals surface area contributed by atoms with Gasteiger partial charge in [0, 0.05) is 17.6 Å². The largest absolute Gasteiger partial charge is 0.377 e. The van der Waals surface area contributed by atoms with Gasteiger partial charge in [0.25, 0.3) is 0 Å². The van der Waals surface area contributed by atoms with Crippen molar-refractivity contribution in [3.8, 4) is 0 Å². The van der Waals surface area contributed by atoms with Crippen LogP contribution in [-0.4, -0.2) is 19.0 Å².